The number of halogens is 1. The summed E-state index contributed by atoms with van der Waals surface area (Å²) in [5, 5.41) is 8.91. The molecule has 0 bridgehead atoms. The summed E-state index contributed by atoms with van der Waals surface area (Å²) in [6.45, 7) is 2.83. The molecule has 5 heteroatoms. The highest BCUT2D eigenvalue weighted by Gasteiger charge is 2.24. The van der Waals surface area contributed by atoms with E-state index in [9.17, 15) is 9.59 Å². The van der Waals surface area contributed by atoms with Crippen LogP contribution >= 0.6 is 15.9 Å². The second kappa shape index (κ2) is 5.12. The zero-order valence-corrected chi connectivity index (χ0v) is 10.6. The maximum absolute atomic E-state index is 11.4. The number of amides is 1. The second-order valence-corrected chi connectivity index (χ2v) is 4.30. The van der Waals surface area contributed by atoms with Gasteiger partial charge in [-0.15, -0.1) is 0 Å². The van der Waals surface area contributed by atoms with Crippen LogP contribution in [-0.2, 0) is 9.59 Å². The van der Waals surface area contributed by atoms with Gasteiger partial charge in [-0.2, -0.15) is 0 Å². The first kappa shape index (κ1) is 12.7. The Balaban J connectivity index is 3.07. The fourth-order valence-electron chi connectivity index (χ4n) is 1.39. The van der Waals surface area contributed by atoms with E-state index in [1.54, 1.807) is 24.3 Å². The van der Waals surface area contributed by atoms with Crippen molar-refractivity contribution in [2.75, 3.05) is 4.90 Å². The highest BCUT2D eigenvalue weighted by atomic mass is 79.9. The molecule has 0 radical (unpaired) electrons. The average Bonchev–Trinajstić information content (AvgIpc) is 2.20. The second-order valence-electron chi connectivity index (χ2n) is 3.38. The minimum Gasteiger partial charge on any atom is -0.480 e. The number of carbonyl (C=O) groups excluding carboxylic acids is 1. The molecule has 1 N–H and O–H groups in total. The minimum absolute atomic E-state index is 0.294. The van der Waals surface area contributed by atoms with Crippen LogP contribution in [0, 0.1) is 0 Å². The zero-order valence-electron chi connectivity index (χ0n) is 8.98. The van der Waals surface area contributed by atoms with Crippen molar-refractivity contribution in [1.29, 1.82) is 0 Å². The van der Waals surface area contributed by atoms with Crippen LogP contribution in [0.1, 0.15) is 13.8 Å². The molecule has 0 aromatic heterocycles. The Labute approximate surface area is 102 Å². The predicted molar refractivity (Wildman–Crippen MR) is 64.4 cm³/mol. The van der Waals surface area contributed by atoms with Crippen LogP contribution in [0.3, 0.4) is 0 Å². The normalized spacial score (nSPS) is 11.9. The molecule has 1 rings (SSSR count). The fourth-order valence-corrected chi connectivity index (χ4v) is 1.65. The van der Waals surface area contributed by atoms with Gasteiger partial charge in [0.15, 0.2) is 0 Å². The average molecular weight is 286 g/mol. The van der Waals surface area contributed by atoms with Crippen LogP contribution in [0.2, 0.25) is 0 Å². The number of aliphatic carboxylic acids is 1. The molecule has 0 fully saturated rings. The highest BCUT2D eigenvalue weighted by Crippen LogP contribution is 2.20. The predicted octanol–water partition coefficient (Wildman–Crippen LogP) is 2.28. The van der Waals surface area contributed by atoms with Gasteiger partial charge in [0.05, 0.1) is 0 Å². The van der Waals surface area contributed by atoms with E-state index in [1.165, 1.54) is 18.7 Å². The molecule has 86 valence electrons. The molecule has 0 saturated carbocycles. The Morgan fingerprint density at radius 3 is 2.19 bits per heavy atom. The summed E-state index contributed by atoms with van der Waals surface area (Å²) < 4.78 is 0.878. The van der Waals surface area contributed by atoms with Crippen molar-refractivity contribution in [3.05, 3.63) is 28.7 Å². The Kier molecular flexibility index (Phi) is 4.06. The molecule has 1 aromatic carbocycles. The number of anilines is 1. The van der Waals surface area contributed by atoms with Crippen molar-refractivity contribution in [2.45, 2.75) is 19.9 Å². The van der Waals surface area contributed by atoms with Crippen LogP contribution in [0.15, 0.2) is 28.7 Å². The van der Waals surface area contributed by atoms with Gasteiger partial charge in [0.2, 0.25) is 5.91 Å². The molecule has 1 atom stereocenters. The molecule has 0 aliphatic rings. The van der Waals surface area contributed by atoms with E-state index < -0.39 is 12.0 Å². The molecule has 16 heavy (non-hydrogen) atoms. The third-order valence-electron chi connectivity index (χ3n) is 2.19. The van der Waals surface area contributed by atoms with Crippen molar-refractivity contribution >= 4 is 33.5 Å². The van der Waals surface area contributed by atoms with E-state index in [0.29, 0.717) is 5.69 Å². The number of nitrogens with zero attached hydrogens (tertiary/aromatic N) is 1. The van der Waals surface area contributed by atoms with E-state index in [4.69, 9.17) is 5.11 Å². The summed E-state index contributed by atoms with van der Waals surface area (Å²) in [6, 6.07) is 6.05. The lowest BCUT2D eigenvalue weighted by molar-refractivity contribution is -0.139. The number of hydrogen-bond donors (Lipinski definition) is 1. The van der Waals surface area contributed by atoms with E-state index in [2.05, 4.69) is 15.9 Å². The third-order valence-corrected chi connectivity index (χ3v) is 2.72. The molecule has 1 aromatic rings. The fraction of sp³-hybridized carbons (Fsp3) is 0.273. The Hall–Kier alpha value is -1.36. The number of hydrogen-bond acceptors (Lipinski definition) is 2. The monoisotopic (exact) mass is 285 g/mol. The standard InChI is InChI=1S/C11H12BrNO3/c1-7(11(15)16)13(8(2)14)10-5-3-9(12)4-6-10/h3-7H,1-2H3,(H,15,16). The number of carboxylic acids is 1. The summed E-state index contributed by atoms with van der Waals surface area (Å²) in [7, 11) is 0. The van der Waals surface area contributed by atoms with Gasteiger partial charge in [-0.3, -0.25) is 9.69 Å². The highest BCUT2D eigenvalue weighted by molar-refractivity contribution is 9.10. The maximum atomic E-state index is 11.4. The number of rotatable bonds is 3. The van der Waals surface area contributed by atoms with Crippen LogP contribution in [0.5, 0.6) is 0 Å². The van der Waals surface area contributed by atoms with Crippen LogP contribution in [0.25, 0.3) is 0 Å². The van der Waals surface area contributed by atoms with Crippen LogP contribution in [0.4, 0.5) is 5.69 Å². The number of benzene rings is 1. The molecule has 0 aliphatic carbocycles. The van der Waals surface area contributed by atoms with Gasteiger partial charge in [0, 0.05) is 17.1 Å². The van der Waals surface area contributed by atoms with E-state index in [-0.39, 0.29) is 5.91 Å². The van der Waals surface area contributed by atoms with Gasteiger partial charge in [0.25, 0.3) is 0 Å². The lowest BCUT2D eigenvalue weighted by Crippen LogP contribution is -2.42. The Morgan fingerprint density at radius 2 is 1.81 bits per heavy atom. The molecule has 0 aliphatic heterocycles. The van der Waals surface area contributed by atoms with E-state index in [1.807, 2.05) is 0 Å². The Bertz CT molecular complexity index is 402. The van der Waals surface area contributed by atoms with Gasteiger partial charge < -0.3 is 5.11 Å². The van der Waals surface area contributed by atoms with Crippen molar-refractivity contribution in [3.8, 4) is 0 Å². The topological polar surface area (TPSA) is 57.6 Å². The zero-order chi connectivity index (χ0) is 12.3. The summed E-state index contributed by atoms with van der Waals surface area (Å²) in [6.07, 6.45) is 0. The molecule has 0 spiro atoms. The first-order chi connectivity index (χ1) is 7.43. The first-order valence-electron chi connectivity index (χ1n) is 4.71. The summed E-state index contributed by atoms with van der Waals surface area (Å²) in [5.41, 5.74) is 0.575. The first-order valence-corrected chi connectivity index (χ1v) is 5.51. The maximum Gasteiger partial charge on any atom is 0.326 e. The molecule has 4 nitrogen and oxygen atoms in total. The molecule has 1 amide bonds. The molecule has 0 saturated heterocycles. The number of carboxylic acid groups (broad SMARTS) is 1. The van der Waals surface area contributed by atoms with E-state index >= 15 is 0 Å². The lowest BCUT2D eigenvalue weighted by atomic mass is 10.2. The molecular weight excluding hydrogens is 274 g/mol. The van der Waals surface area contributed by atoms with Gasteiger partial charge in [0.1, 0.15) is 6.04 Å². The Morgan fingerprint density at radius 1 is 1.31 bits per heavy atom. The van der Waals surface area contributed by atoms with Gasteiger partial charge >= 0.3 is 5.97 Å². The quantitative estimate of drug-likeness (QED) is 0.927. The largest absolute Gasteiger partial charge is 0.480 e. The SMILES string of the molecule is CC(=O)N(c1ccc(Br)cc1)C(C)C(=O)O. The van der Waals surface area contributed by atoms with Gasteiger partial charge in [-0.05, 0) is 31.2 Å². The van der Waals surface area contributed by atoms with Crippen molar-refractivity contribution < 1.29 is 14.7 Å². The lowest BCUT2D eigenvalue weighted by Gasteiger charge is -2.25. The van der Waals surface area contributed by atoms with Gasteiger partial charge in [-0.1, -0.05) is 15.9 Å². The van der Waals surface area contributed by atoms with Gasteiger partial charge in [-0.25, -0.2) is 4.79 Å². The van der Waals surface area contributed by atoms with Crippen molar-refractivity contribution in [2.24, 2.45) is 0 Å². The summed E-state index contributed by atoms with van der Waals surface area (Å²) >= 11 is 3.28. The molecule has 0 heterocycles. The summed E-state index contributed by atoms with van der Waals surface area (Å²) in [5.74, 6) is -1.32. The van der Waals surface area contributed by atoms with Crippen LogP contribution in [-0.4, -0.2) is 23.0 Å². The summed E-state index contributed by atoms with van der Waals surface area (Å²) in [4.78, 5) is 23.6. The van der Waals surface area contributed by atoms with Crippen LogP contribution < -0.4 is 4.90 Å². The smallest absolute Gasteiger partial charge is 0.326 e. The number of carbonyl (C=O) groups is 2. The minimum atomic E-state index is -1.03. The molecule has 1 unspecified atom stereocenters. The third kappa shape index (κ3) is 2.82. The van der Waals surface area contributed by atoms with E-state index in [0.717, 1.165) is 4.47 Å². The van der Waals surface area contributed by atoms with Crippen molar-refractivity contribution in [1.82, 2.24) is 0 Å². The van der Waals surface area contributed by atoms with Crippen molar-refractivity contribution in [3.63, 3.8) is 0 Å². The molecular formula is C11H12BrNO3.